The Labute approximate surface area is 152 Å². The second kappa shape index (κ2) is 6.52. The van der Waals surface area contributed by atoms with Gasteiger partial charge in [0.1, 0.15) is 11.6 Å². The normalized spacial score (nSPS) is 17.7. The summed E-state index contributed by atoms with van der Waals surface area (Å²) >= 11 is 0. The first kappa shape index (κ1) is 16.7. The number of carbonyl (C=O) groups is 1. The first-order chi connectivity index (χ1) is 12.5. The summed E-state index contributed by atoms with van der Waals surface area (Å²) < 4.78 is 0. The van der Waals surface area contributed by atoms with Crippen molar-refractivity contribution in [2.24, 2.45) is 0 Å². The van der Waals surface area contributed by atoms with Crippen LogP contribution in [-0.2, 0) is 0 Å². The number of hydrogen-bond donors (Lipinski definition) is 1. The number of H-pyrrole nitrogens is 1. The number of piperidine rings is 1. The number of benzene rings is 1. The van der Waals surface area contributed by atoms with Crippen molar-refractivity contribution in [3.63, 3.8) is 0 Å². The number of aromatic nitrogens is 4. The fraction of sp³-hybridized carbons (Fsp3) is 0.400. The summed E-state index contributed by atoms with van der Waals surface area (Å²) in [6.07, 6.45) is 3.65. The van der Waals surface area contributed by atoms with Crippen LogP contribution >= 0.6 is 0 Å². The van der Waals surface area contributed by atoms with Crippen LogP contribution in [0.1, 0.15) is 52.0 Å². The molecule has 134 valence electrons. The molecule has 26 heavy (non-hydrogen) atoms. The number of nitrogens with zero attached hydrogens (tertiary/aromatic N) is 4. The minimum atomic E-state index is 0.0134. The number of aromatic amines is 1. The molecule has 0 aliphatic carbocycles. The van der Waals surface area contributed by atoms with Crippen LogP contribution in [-0.4, -0.2) is 43.8 Å². The molecule has 1 atom stereocenters. The largest absolute Gasteiger partial charge is 0.342 e. The van der Waals surface area contributed by atoms with Crippen molar-refractivity contribution in [2.75, 3.05) is 13.1 Å². The van der Waals surface area contributed by atoms with Crippen LogP contribution in [0.3, 0.4) is 0 Å². The van der Waals surface area contributed by atoms with Crippen molar-refractivity contribution in [1.82, 2.24) is 24.8 Å². The van der Waals surface area contributed by atoms with Crippen molar-refractivity contribution in [3.8, 4) is 0 Å². The Hall–Kier alpha value is -2.76. The zero-order chi connectivity index (χ0) is 18.3. The minimum Gasteiger partial charge on any atom is -0.342 e. The Morgan fingerprint density at radius 1 is 1.23 bits per heavy atom. The molecular weight excluding hydrogens is 326 g/mol. The first-order valence-corrected chi connectivity index (χ1v) is 9.07. The van der Waals surface area contributed by atoms with Crippen molar-refractivity contribution < 1.29 is 4.79 Å². The predicted octanol–water partition coefficient (Wildman–Crippen LogP) is 3.30. The van der Waals surface area contributed by atoms with Gasteiger partial charge in [-0.25, -0.2) is 15.0 Å². The molecule has 3 aromatic rings. The number of aryl methyl sites for hydroxylation is 3. The molecule has 1 aliphatic rings. The van der Waals surface area contributed by atoms with Gasteiger partial charge >= 0.3 is 0 Å². The van der Waals surface area contributed by atoms with Crippen LogP contribution in [0.5, 0.6) is 0 Å². The van der Waals surface area contributed by atoms with Gasteiger partial charge in [0.2, 0.25) is 0 Å². The van der Waals surface area contributed by atoms with Gasteiger partial charge in [-0.2, -0.15) is 0 Å². The highest BCUT2D eigenvalue weighted by molar-refractivity contribution is 5.95. The zero-order valence-corrected chi connectivity index (χ0v) is 15.4. The molecule has 1 saturated heterocycles. The molecule has 0 unspecified atom stereocenters. The number of amides is 1. The van der Waals surface area contributed by atoms with E-state index in [0.29, 0.717) is 17.9 Å². The average Bonchev–Trinajstić information content (AvgIpc) is 3.07. The Kier molecular flexibility index (Phi) is 4.18. The fourth-order valence-corrected chi connectivity index (χ4v) is 3.74. The lowest BCUT2D eigenvalue weighted by Gasteiger charge is -2.32. The zero-order valence-electron chi connectivity index (χ0n) is 15.4. The maximum Gasteiger partial charge on any atom is 0.257 e. The smallest absolute Gasteiger partial charge is 0.257 e. The monoisotopic (exact) mass is 349 g/mol. The molecule has 1 amide bonds. The maximum absolute atomic E-state index is 13.0. The molecule has 2 aromatic heterocycles. The molecule has 6 heteroatoms. The molecule has 6 nitrogen and oxygen atoms in total. The van der Waals surface area contributed by atoms with E-state index in [1.165, 1.54) is 5.56 Å². The van der Waals surface area contributed by atoms with Gasteiger partial charge in [-0.15, -0.1) is 0 Å². The number of hydrogen-bond acceptors (Lipinski definition) is 4. The van der Waals surface area contributed by atoms with Crippen molar-refractivity contribution in [2.45, 2.75) is 39.5 Å². The number of nitrogens with one attached hydrogen (secondary N) is 1. The number of likely N-dealkylation sites (tertiary alicyclic amines) is 1. The third-order valence-corrected chi connectivity index (χ3v) is 5.16. The highest BCUT2D eigenvalue weighted by atomic mass is 16.2. The Morgan fingerprint density at radius 2 is 2.08 bits per heavy atom. The third kappa shape index (κ3) is 2.96. The van der Waals surface area contributed by atoms with E-state index in [1.807, 2.05) is 24.8 Å². The van der Waals surface area contributed by atoms with Crippen LogP contribution in [0.4, 0.5) is 0 Å². The number of fused-ring (bicyclic) bond motifs is 1. The molecule has 0 saturated carbocycles. The summed E-state index contributed by atoms with van der Waals surface area (Å²) in [4.78, 5) is 31.6. The van der Waals surface area contributed by atoms with Gasteiger partial charge in [-0.3, -0.25) is 4.79 Å². The molecule has 0 radical (unpaired) electrons. The molecule has 3 heterocycles. The van der Waals surface area contributed by atoms with Gasteiger partial charge in [-0.05, 0) is 45.2 Å². The number of imidazole rings is 1. The van der Waals surface area contributed by atoms with Crippen LogP contribution in [0.2, 0.25) is 0 Å². The molecule has 0 spiro atoms. The molecule has 1 fully saturated rings. The minimum absolute atomic E-state index is 0.0134. The lowest BCUT2D eigenvalue weighted by Crippen LogP contribution is -2.39. The van der Waals surface area contributed by atoms with E-state index in [9.17, 15) is 4.79 Å². The van der Waals surface area contributed by atoms with E-state index >= 15 is 0 Å². The van der Waals surface area contributed by atoms with E-state index < -0.39 is 0 Å². The SMILES string of the molecule is Cc1ncc(C(=O)N2CCC[C@H](c3nc4c(C)cccc4[nH]3)C2)c(C)n1. The van der Waals surface area contributed by atoms with E-state index in [-0.39, 0.29) is 11.8 Å². The van der Waals surface area contributed by atoms with Crippen molar-refractivity contribution in [3.05, 3.63) is 52.9 Å². The molecule has 1 aromatic carbocycles. The Bertz CT molecular complexity index is 977. The molecule has 1 aliphatic heterocycles. The maximum atomic E-state index is 13.0. The summed E-state index contributed by atoms with van der Waals surface area (Å²) in [5, 5.41) is 0. The predicted molar refractivity (Wildman–Crippen MR) is 100 cm³/mol. The Morgan fingerprint density at radius 3 is 2.85 bits per heavy atom. The summed E-state index contributed by atoms with van der Waals surface area (Å²) in [6, 6.07) is 6.16. The molecule has 1 N–H and O–H groups in total. The second-order valence-electron chi connectivity index (χ2n) is 7.10. The quantitative estimate of drug-likeness (QED) is 0.770. The highest BCUT2D eigenvalue weighted by Crippen LogP contribution is 2.28. The number of carbonyl (C=O) groups excluding carboxylic acids is 1. The standard InChI is InChI=1S/C20H23N5O/c1-12-6-4-8-17-18(12)24-19(23-17)15-7-5-9-25(11-15)20(26)16-10-21-14(3)22-13(16)2/h4,6,8,10,15H,5,7,9,11H2,1-3H3,(H,23,24)/t15-/m0/s1. The molecular formula is C20H23N5O. The van der Waals surface area contributed by atoms with Gasteiger partial charge < -0.3 is 9.88 Å². The van der Waals surface area contributed by atoms with E-state index in [1.54, 1.807) is 6.20 Å². The molecule has 4 rings (SSSR count). The number of rotatable bonds is 2. The summed E-state index contributed by atoms with van der Waals surface area (Å²) in [5.74, 6) is 1.91. The third-order valence-electron chi connectivity index (χ3n) is 5.16. The molecule has 0 bridgehead atoms. The highest BCUT2D eigenvalue weighted by Gasteiger charge is 2.28. The van der Waals surface area contributed by atoms with Crippen molar-refractivity contribution in [1.29, 1.82) is 0 Å². The topological polar surface area (TPSA) is 74.8 Å². The second-order valence-corrected chi connectivity index (χ2v) is 7.10. The summed E-state index contributed by atoms with van der Waals surface area (Å²) in [7, 11) is 0. The van der Waals surface area contributed by atoms with Gasteiger partial charge in [-0.1, -0.05) is 12.1 Å². The lowest BCUT2D eigenvalue weighted by atomic mass is 9.96. The van der Waals surface area contributed by atoms with Gasteiger partial charge in [0, 0.05) is 25.2 Å². The lowest BCUT2D eigenvalue weighted by molar-refractivity contribution is 0.0703. The van der Waals surface area contributed by atoms with Gasteiger partial charge in [0.15, 0.2) is 0 Å². The van der Waals surface area contributed by atoms with Crippen molar-refractivity contribution >= 4 is 16.9 Å². The van der Waals surface area contributed by atoms with E-state index in [2.05, 4.69) is 34.0 Å². The van der Waals surface area contributed by atoms with Crippen LogP contribution in [0.15, 0.2) is 24.4 Å². The van der Waals surface area contributed by atoms with E-state index in [4.69, 9.17) is 4.98 Å². The van der Waals surface area contributed by atoms with Crippen LogP contribution in [0.25, 0.3) is 11.0 Å². The first-order valence-electron chi connectivity index (χ1n) is 9.07. The Balaban J connectivity index is 1.58. The van der Waals surface area contributed by atoms with E-state index in [0.717, 1.165) is 41.9 Å². The van der Waals surface area contributed by atoms with Gasteiger partial charge in [0.25, 0.3) is 5.91 Å². The average molecular weight is 349 g/mol. The number of para-hydroxylation sites is 1. The van der Waals surface area contributed by atoms with Gasteiger partial charge in [0.05, 0.1) is 22.3 Å². The van der Waals surface area contributed by atoms with Crippen LogP contribution in [0, 0.1) is 20.8 Å². The summed E-state index contributed by atoms with van der Waals surface area (Å²) in [6.45, 7) is 7.21. The van der Waals surface area contributed by atoms with Crippen LogP contribution < -0.4 is 0 Å². The summed E-state index contributed by atoms with van der Waals surface area (Å²) in [5.41, 5.74) is 4.59. The fourth-order valence-electron chi connectivity index (χ4n) is 3.74.